The van der Waals surface area contributed by atoms with Gasteiger partial charge in [-0.2, -0.15) is 13.2 Å². The van der Waals surface area contributed by atoms with Gasteiger partial charge in [0, 0.05) is 28.7 Å². The van der Waals surface area contributed by atoms with Crippen molar-refractivity contribution in [3.05, 3.63) is 65.4 Å². The fraction of sp³-hybridized carbons (Fsp3) is 0.118. The van der Waals surface area contributed by atoms with Crippen molar-refractivity contribution in [2.75, 3.05) is 6.26 Å². The highest BCUT2D eigenvalue weighted by atomic mass is 35.5. The largest absolute Gasteiger partial charge is 0.434 e. The van der Waals surface area contributed by atoms with E-state index in [0.29, 0.717) is 16.3 Å². The molecule has 0 radical (unpaired) electrons. The number of sulfone groups is 1. The van der Waals surface area contributed by atoms with Crippen molar-refractivity contribution in [1.82, 2.24) is 9.55 Å². The minimum Gasteiger partial charge on any atom is -0.299 e. The predicted molar refractivity (Wildman–Crippen MR) is 92.1 cm³/mol. The van der Waals surface area contributed by atoms with Gasteiger partial charge in [-0.3, -0.25) is 4.57 Å². The monoisotopic (exact) mass is 400 g/mol. The van der Waals surface area contributed by atoms with Crippen LogP contribution in [-0.4, -0.2) is 24.2 Å². The molecular formula is C17H12ClF3N2O2S. The molecule has 0 aliphatic carbocycles. The fourth-order valence-corrected chi connectivity index (χ4v) is 3.21. The van der Waals surface area contributed by atoms with Crippen molar-refractivity contribution in [3.8, 4) is 17.1 Å². The lowest BCUT2D eigenvalue weighted by Gasteiger charge is -2.08. The zero-order valence-corrected chi connectivity index (χ0v) is 14.9. The Hall–Kier alpha value is -2.32. The van der Waals surface area contributed by atoms with E-state index in [-0.39, 0.29) is 10.7 Å². The lowest BCUT2D eigenvalue weighted by molar-refractivity contribution is -0.140. The molecule has 3 rings (SSSR count). The molecule has 4 nitrogen and oxygen atoms in total. The second-order valence-electron chi connectivity index (χ2n) is 5.59. The molecule has 1 aromatic heterocycles. The van der Waals surface area contributed by atoms with Gasteiger partial charge < -0.3 is 0 Å². The number of hydrogen-bond donors (Lipinski definition) is 0. The van der Waals surface area contributed by atoms with Crippen molar-refractivity contribution in [2.45, 2.75) is 11.1 Å². The zero-order chi connectivity index (χ0) is 19.1. The summed E-state index contributed by atoms with van der Waals surface area (Å²) in [5.41, 5.74) is -0.310. The third-order valence-electron chi connectivity index (χ3n) is 3.62. The summed E-state index contributed by atoms with van der Waals surface area (Å²) in [7, 11) is -3.41. The van der Waals surface area contributed by atoms with Crippen molar-refractivity contribution in [3.63, 3.8) is 0 Å². The minimum atomic E-state index is -4.62. The lowest BCUT2D eigenvalue weighted by atomic mass is 10.2. The number of halogens is 4. The Balaban J connectivity index is 2.18. The van der Waals surface area contributed by atoms with Gasteiger partial charge in [0.05, 0.1) is 4.90 Å². The van der Waals surface area contributed by atoms with Crippen LogP contribution in [0.1, 0.15) is 5.69 Å². The predicted octanol–water partition coefficient (Wildman–Crippen LogP) is 4.62. The van der Waals surface area contributed by atoms with Crippen LogP contribution in [0, 0.1) is 0 Å². The lowest BCUT2D eigenvalue weighted by Crippen LogP contribution is -2.05. The normalized spacial score (nSPS) is 12.3. The zero-order valence-electron chi connectivity index (χ0n) is 13.3. The summed E-state index contributed by atoms with van der Waals surface area (Å²) in [4.78, 5) is 3.76. The molecule has 3 aromatic rings. The highest BCUT2D eigenvalue weighted by molar-refractivity contribution is 7.90. The van der Waals surface area contributed by atoms with E-state index in [9.17, 15) is 21.6 Å². The Bertz CT molecular complexity index is 1060. The Kier molecular flexibility index (Phi) is 4.58. The molecule has 0 aliphatic rings. The molecule has 0 amide bonds. The Morgan fingerprint density at radius 3 is 2.27 bits per heavy atom. The van der Waals surface area contributed by atoms with Crippen LogP contribution >= 0.6 is 11.6 Å². The molecule has 2 aromatic carbocycles. The van der Waals surface area contributed by atoms with E-state index in [1.54, 1.807) is 18.2 Å². The van der Waals surface area contributed by atoms with E-state index in [2.05, 4.69) is 4.98 Å². The van der Waals surface area contributed by atoms with Crippen LogP contribution in [0.4, 0.5) is 13.2 Å². The molecule has 1 heterocycles. The van der Waals surface area contributed by atoms with Gasteiger partial charge in [0.1, 0.15) is 5.82 Å². The third-order valence-corrected chi connectivity index (χ3v) is 4.99. The molecule has 136 valence electrons. The van der Waals surface area contributed by atoms with Crippen LogP contribution in [0.2, 0.25) is 5.02 Å². The van der Waals surface area contributed by atoms with E-state index in [4.69, 9.17) is 11.6 Å². The number of benzene rings is 2. The number of hydrogen-bond acceptors (Lipinski definition) is 3. The third kappa shape index (κ3) is 3.76. The molecule has 0 unspecified atom stereocenters. The molecule has 0 saturated carbocycles. The summed E-state index contributed by atoms with van der Waals surface area (Å²) in [6, 6.07) is 11.8. The van der Waals surface area contributed by atoms with Crippen LogP contribution in [0.5, 0.6) is 0 Å². The highest BCUT2D eigenvalue weighted by Crippen LogP contribution is 2.33. The Morgan fingerprint density at radius 1 is 1.08 bits per heavy atom. The highest BCUT2D eigenvalue weighted by Gasteiger charge is 2.35. The van der Waals surface area contributed by atoms with E-state index in [0.717, 1.165) is 12.5 Å². The van der Waals surface area contributed by atoms with Gasteiger partial charge in [-0.15, -0.1) is 0 Å². The molecule has 0 atom stereocenters. The molecular weight excluding hydrogens is 389 g/mol. The van der Waals surface area contributed by atoms with Crippen LogP contribution in [0.15, 0.2) is 59.6 Å². The smallest absolute Gasteiger partial charge is 0.299 e. The average molecular weight is 401 g/mol. The molecule has 0 fully saturated rings. The van der Waals surface area contributed by atoms with E-state index in [1.165, 1.54) is 34.9 Å². The van der Waals surface area contributed by atoms with Gasteiger partial charge in [-0.25, -0.2) is 13.4 Å². The first-order valence-corrected chi connectivity index (χ1v) is 9.56. The first kappa shape index (κ1) is 18.5. The molecule has 0 saturated heterocycles. The van der Waals surface area contributed by atoms with Crippen LogP contribution in [0.3, 0.4) is 0 Å². The summed E-state index contributed by atoms with van der Waals surface area (Å²) >= 11 is 5.94. The summed E-state index contributed by atoms with van der Waals surface area (Å²) in [5.74, 6) is 0.0274. The van der Waals surface area contributed by atoms with Gasteiger partial charge >= 0.3 is 6.18 Å². The quantitative estimate of drug-likeness (QED) is 0.645. The van der Waals surface area contributed by atoms with Crippen LogP contribution < -0.4 is 0 Å². The number of alkyl halides is 3. The van der Waals surface area contributed by atoms with Crippen molar-refractivity contribution < 1.29 is 21.6 Å². The van der Waals surface area contributed by atoms with Gasteiger partial charge in [0.15, 0.2) is 15.5 Å². The van der Waals surface area contributed by atoms with E-state index in [1.807, 2.05) is 0 Å². The molecule has 9 heteroatoms. The van der Waals surface area contributed by atoms with Crippen molar-refractivity contribution in [2.24, 2.45) is 0 Å². The van der Waals surface area contributed by atoms with Gasteiger partial charge in [-0.1, -0.05) is 17.7 Å². The van der Waals surface area contributed by atoms with Crippen molar-refractivity contribution >= 4 is 21.4 Å². The Labute approximate surface area is 152 Å². The molecule has 0 N–H and O–H groups in total. The van der Waals surface area contributed by atoms with Crippen LogP contribution in [-0.2, 0) is 16.0 Å². The molecule has 0 aliphatic heterocycles. The first-order valence-electron chi connectivity index (χ1n) is 7.29. The Morgan fingerprint density at radius 2 is 1.73 bits per heavy atom. The number of nitrogens with zero attached hydrogens (tertiary/aromatic N) is 2. The van der Waals surface area contributed by atoms with Crippen molar-refractivity contribution in [1.29, 1.82) is 0 Å². The van der Waals surface area contributed by atoms with Crippen LogP contribution in [0.25, 0.3) is 17.1 Å². The first-order chi connectivity index (χ1) is 12.1. The maximum absolute atomic E-state index is 13.1. The number of aromatic nitrogens is 2. The SMILES string of the molecule is CS(=O)(=O)c1ccc(-c2nc(C(F)(F)F)cn2-c2cccc(Cl)c2)cc1. The summed E-state index contributed by atoms with van der Waals surface area (Å²) in [6.07, 6.45) is -2.69. The van der Waals surface area contributed by atoms with Gasteiger partial charge in [0.25, 0.3) is 0 Å². The summed E-state index contributed by atoms with van der Waals surface area (Å²) < 4.78 is 63.8. The average Bonchev–Trinajstić information content (AvgIpc) is 3.00. The molecule has 0 spiro atoms. The molecule has 26 heavy (non-hydrogen) atoms. The van der Waals surface area contributed by atoms with E-state index < -0.39 is 21.7 Å². The number of imidazole rings is 1. The van der Waals surface area contributed by atoms with Gasteiger partial charge in [0.2, 0.25) is 0 Å². The second-order valence-corrected chi connectivity index (χ2v) is 8.05. The fourth-order valence-electron chi connectivity index (χ4n) is 2.39. The van der Waals surface area contributed by atoms with Gasteiger partial charge in [-0.05, 0) is 42.5 Å². The molecule has 0 bridgehead atoms. The minimum absolute atomic E-state index is 0.0274. The maximum atomic E-state index is 13.1. The second kappa shape index (κ2) is 6.44. The maximum Gasteiger partial charge on any atom is 0.434 e. The standard InChI is InChI=1S/C17H12ClF3N2O2S/c1-26(24,25)14-7-5-11(6-8-14)16-22-15(17(19,20)21)10-23(16)13-4-2-3-12(18)9-13/h2-10H,1H3. The topological polar surface area (TPSA) is 52.0 Å². The van der Waals surface area contributed by atoms with E-state index >= 15 is 0 Å². The number of rotatable bonds is 3. The summed E-state index contributed by atoms with van der Waals surface area (Å²) in [6.45, 7) is 0. The summed E-state index contributed by atoms with van der Waals surface area (Å²) in [5, 5.41) is 0.364.